The summed E-state index contributed by atoms with van der Waals surface area (Å²) in [6, 6.07) is 7.55. The van der Waals surface area contributed by atoms with Crippen molar-refractivity contribution in [2.24, 2.45) is 5.92 Å². The van der Waals surface area contributed by atoms with Crippen molar-refractivity contribution >= 4 is 11.8 Å². The number of carbonyl (C=O) groups is 2. The fourth-order valence-electron chi connectivity index (χ4n) is 3.65. The first kappa shape index (κ1) is 19.3. The van der Waals surface area contributed by atoms with Gasteiger partial charge in [0, 0.05) is 43.6 Å². The summed E-state index contributed by atoms with van der Waals surface area (Å²) in [5.41, 5.74) is 2.91. The number of ether oxygens (including phenoxy) is 2. The van der Waals surface area contributed by atoms with Gasteiger partial charge in [-0.25, -0.2) is 4.98 Å². The van der Waals surface area contributed by atoms with Gasteiger partial charge >= 0.3 is 0 Å². The largest absolute Gasteiger partial charge is 0.481 e. The number of aromatic nitrogens is 2. The molecule has 0 saturated carbocycles. The van der Waals surface area contributed by atoms with Crippen molar-refractivity contribution < 1.29 is 19.1 Å². The molecule has 0 aliphatic carbocycles. The lowest BCUT2D eigenvalue weighted by Crippen LogP contribution is -2.30. The highest BCUT2D eigenvalue weighted by Gasteiger charge is 2.30. The van der Waals surface area contributed by atoms with Crippen molar-refractivity contribution in [2.45, 2.75) is 25.9 Å². The summed E-state index contributed by atoms with van der Waals surface area (Å²) in [5, 5.41) is 2.91. The maximum absolute atomic E-state index is 12.8. The molecule has 0 aromatic carbocycles. The molecule has 152 valence electrons. The molecule has 2 aliphatic rings. The van der Waals surface area contributed by atoms with Crippen LogP contribution in [0.25, 0.3) is 0 Å². The SMILES string of the molecule is COc1nc2c(cc1CNC(=O)C1CCOC1)C(=O)N(CCc1ccccn1)C2. The lowest BCUT2D eigenvalue weighted by atomic mass is 10.1. The molecule has 0 bridgehead atoms. The van der Waals surface area contributed by atoms with Crippen molar-refractivity contribution in [3.8, 4) is 5.88 Å². The molecular formula is C21H24N4O4. The summed E-state index contributed by atoms with van der Waals surface area (Å²) in [7, 11) is 1.54. The normalized spacial score (nSPS) is 18.0. The first-order chi connectivity index (χ1) is 14.2. The number of amides is 2. The second-order valence-corrected chi connectivity index (χ2v) is 7.23. The van der Waals surface area contributed by atoms with Crippen LogP contribution >= 0.6 is 0 Å². The number of pyridine rings is 2. The van der Waals surface area contributed by atoms with Crippen LogP contribution < -0.4 is 10.1 Å². The minimum absolute atomic E-state index is 0.0478. The third-order valence-corrected chi connectivity index (χ3v) is 5.31. The summed E-state index contributed by atoms with van der Waals surface area (Å²) < 4.78 is 10.7. The number of nitrogens with zero attached hydrogens (tertiary/aromatic N) is 3. The van der Waals surface area contributed by atoms with Crippen LogP contribution in [0.15, 0.2) is 30.5 Å². The highest BCUT2D eigenvalue weighted by molar-refractivity contribution is 5.98. The fourth-order valence-corrected chi connectivity index (χ4v) is 3.65. The van der Waals surface area contributed by atoms with Crippen LogP contribution in [-0.4, -0.2) is 53.6 Å². The summed E-state index contributed by atoms with van der Waals surface area (Å²) in [6.07, 6.45) is 3.17. The van der Waals surface area contributed by atoms with Gasteiger partial charge in [-0.2, -0.15) is 0 Å². The highest BCUT2D eigenvalue weighted by Crippen LogP contribution is 2.27. The molecule has 29 heavy (non-hydrogen) atoms. The first-order valence-electron chi connectivity index (χ1n) is 9.77. The molecule has 2 aliphatic heterocycles. The van der Waals surface area contributed by atoms with Gasteiger partial charge in [0.15, 0.2) is 0 Å². The Balaban J connectivity index is 1.43. The molecule has 1 unspecified atom stereocenters. The molecule has 2 amide bonds. The molecule has 0 spiro atoms. The number of hydrogen-bond acceptors (Lipinski definition) is 6. The molecule has 2 aromatic rings. The summed E-state index contributed by atoms with van der Waals surface area (Å²) in [5.74, 6) is 0.217. The molecule has 8 heteroatoms. The molecule has 1 atom stereocenters. The van der Waals surface area contributed by atoms with Gasteiger partial charge in [-0.1, -0.05) is 6.07 Å². The molecule has 4 rings (SSSR count). The number of nitrogens with one attached hydrogen (secondary N) is 1. The minimum Gasteiger partial charge on any atom is -0.481 e. The van der Waals surface area contributed by atoms with E-state index in [0.29, 0.717) is 55.4 Å². The van der Waals surface area contributed by atoms with Crippen molar-refractivity contribution in [2.75, 3.05) is 26.9 Å². The molecule has 1 fully saturated rings. The molecular weight excluding hydrogens is 372 g/mol. The van der Waals surface area contributed by atoms with E-state index in [1.807, 2.05) is 18.2 Å². The molecule has 2 aromatic heterocycles. The zero-order valence-electron chi connectivity index (χ0n) is 16.4. The van der Waals surface area contributed by atoms with Gasteiger partial charge in [0.25, 0.3) is 5.91 Å². The van der Waals surface area contributed by atoms with Gasteiger partial charge in [0.05, 0.1) is 37.4 Å². The Labute approximate surface area is 169 Å². The van der Waals surface area contributed by atoms with Gasteiger partial charge in [-0.15, -0.1) is 0 Å². The van der Waals surface area contributed by atoms with Crippen LogP contribution in [0, 0.1) is 5.92 Å². The first-order valence-corrected chi connectivity index (χ1v) is 9.77. The van der Waals surface area contributed by atoms with E-state index in [9.17, 15) is 9.59 Å². The minimum atomic E-state index is -0.118. The predicted octanol–water partition coefficient (Wildman–Crippen LogP) is 1.34. The van der Waals surface area contributed by atoms with E-state index >= 15 is 0 Å². The Kier molecular flexibility index (Phi) is 5.71. The van der Waals surface area contributed by atoms with Gasteiger partial charge in [0.1, 0.15) is 0 Å². The number of fused-ring (bicyclic) bond motifs is 1. The maximum Gasteiger partial charge on any atom is 0.256 e. The topological polar surface area (TPSA) is 93.7 Å². The van der Waals surface area contributed by atoms with Crippen LogP contribution in [0.5, 0.6) is 5.88 Å². The summed E-state index contributed by atoms with van der Waals surface area (Å²) >= 11 is 0. The fraction of sp³-hybridized carbons (Fsp3) is 0.429. The average molecular weight is 396 g/mol. The second kappa shape index (κ2) is 8.57. The van der Waals surface area contributed by atoms with E-state index in [2.05, 4.69) is 15.3 Å². The Morgan fingerprint density at radius 2 is 2.31 bits per heavy atom. The third kappa shape index (κ3) is 4.22. The van der Waals surface area contributed by atoms with E-state index in [4.69, 9.17) is 9.47 Å². The zero-order chi connectivity index (χ0) is 20.2. The van der Waals surface area contributed by atoms with Crippen LogP contribution in [0.1, 0.15) is 33.7 Å². The molecule has 1 saturated heterocycles. The van der Waals surface area contributed by atoms with Gasteiger partial charge in [-0.3, -0.25) is 14.6 Å². The van der Waals surface area contributed by atoms with E-state index in [1.165, 1.54) is 0 Å². The molecule has 4 heterocycles. The van der Waals surface area contributed by atoms with Crippen LogP contribution in [-0.2, 0) is 29.0 Å². The van der Waals surface area contributed by atoms with Crippen molar-refractivity contribution in [1.82, 2.24) is 20.2 Å². The smallest absolute Gasteiger partial charge is 0.256 e. The quantitative estimate of drug-likeness (QED) is 0.759. The van der Waals surface area contributed by atoms with Crippen LogP contribution in [0.4, 0.5) is 0 Å². The second-order valence-electron chi connectivity index (χ2n) is 7.23. The Bertz CT molecular complexity index is 897. The third-order valence-electron chi connectivity index (χ3n) is 5.31. The van der Waals surface area contributed by atoms with E-state index < -0.39 is 0 Å². The lowest BCUT2D eigenvalue weighted by molar-refractivity contribution is -0.125. The number of carbonyl (C=O) groups excluding carboxylic acids is 2. The summed E-state index contributed by atoms with van der Waals surface area (Å²) in [6.45, 7) is 2.35. The van der Waals surface area contributed by atoms with Crippen molar-refractivity contribution in [1.29, 1.82) is 0 Å². The number of rotatable bonds is 7. The number of hydrogen-bond donors (Lipinski definition) is 1. The lowest BCUT2D eigenvalue weighted by Gasteiger charge is -2.14. The van der Waals surface area contributed by atoms with Gasteiger partial charge in [0.2, 0.25) is 11.8 Å². The van der Waals surface area contributed by atoms with E-state index in [0.717, 1.165) is 12.1 Å². The predicted molar refractivity (Wildman–Crippen MR) is 104 cm³/mol. The van der Waals surface area contributed by atoms with Crippen LogP contribution in [0.2, 0.25) is 0 Å². The maximum atomic E-state index is 12.8. The number of methoxy groups -OCH3 is 1. The molecule has 8 nitrogen and oxygen atoms in total. The zero-order valence-corrected chi connectivity index (χ0v) is 16.4. The highest BCUT2D eigenvalue weighted by atomic mass is 16.5. The van der Waals surface area contributed by atoms with Gasteiger partial charge < -0.3 is 19.7 Å². The monoisotopic (exact) mass is 396 g/mol. The van der Waals surface area contributed by atoms with Crippen LogP contribution in [0.3, 0.4) is 0 Å². The van der Waals surface area contributed by atoms with Gasteiger partial charge in [-0.05, 0) is 24.6 Å². The Hall–Kier alpha value is -3.00. The standard InChI is InChI=1S/C21H24N4O4/c1-28-20-15(11-23-19(26)14-6-9-29-13-14)10-17-18(24-20)12-25(21(17)27)8-5-16-4-2-3-7-22-16/h2-4,7,10,14H,5-6,8-9,11-13H2,1H3,(H,23,26). The van der Waals surface area contributed by atoms with E-state index in [1.54, 1.807) is 24.3 Å². The van der Waals surface area contributed by atoms with E-state index in [-0.39, 0.29) is 24.3 Å². The molecule has 1 N–H and O–H groups in total. The average Bonchev–Trinajstić information content (AvgIpc) is 3.39. The Morgan fingerprint density at radius 1 is 1.41 bits per heavy atom. The Morgan fingerprint density at radius 3 is 3.03 bits per heavy atom. The molecule has 0 radical (unpaired) electrons. The van der Waals surface area contributed by atoms with Crippen molar-refractivity contribution in [3.63, 3.8) is 0 Å². The summed E-state index contributed by atoms with van der Waals surface area (Å²) in [4.78, 5) is 35.7. The van der Waals surface area contributed by atoms with Crippen molar-refractivity contribution in [3.05, 3.63) is 53.0 Å².